The van der Waals surface area contributed by atoms with Crippen LogP contribution in [0.15, 0.2) is 30.3 Å². The molecule has 1 amide bonds. The molecule has 6 rings (SSSR count). The number of nitrogens with one attached hydrogen (secondary N) is 1. The molecule has 4 heteroatoms. The molecular formula is C33H50N2O2. The number of likely N-dealkylation sites (N-methyl/N-ethyl adjacent to an activating group) is 1. The number of aliphatic hydroxyl groups excluding tert-OH is 1. The average Bonchev–Trinajstić information content (AvgIpc) is 3.43. The smallest absolute Gasteiger partial charge is 0.253 e. The maximum absolute atomic E-state index is 13.5. The number of carbonyl (C=O) groups is 1. The summed E-state index contributed by atoms with van der Waals surface area (Å²) < 4.78 is 0. The Bertz CT molecular complexity index is 1070. The zero-order valence-corrected chi connectivity index (χ0v) is 24.3. The molecule has 1 aromatic rings. The first kappa shape index (κ1) is 25.9. The summed E-state index contributed by atoms with van der Waals surface area (Å²) in [5.41, 5.74) is 2.03. The quantitative estimate of drug-likeness (QED) is 0.515. The summed E-state index contributed by atoms with van der Waals surface area (Å²) in [4.78, 5) is 15.4. The van der Waals surface area contributed by atoms with E-state index in [-0.39, 0.29) is 22.8 Å². The Balaban J connectivity index is 1.31. The minimum atomic E-state index is -0.469. The van der Waals surface area contributed by atoms with Crippen LogP contribution in [-0.2, 0) is 0 Å². The van der Waals surface area contributed by atoms with Crippen molar-refractivity contribution in [3.05, 3.63) is 35.9 Å². The van der Waals surface area contributed by atoms with Gasteiger partial charge in [0.25, 0.3) is 5.91 Å². The van der Waals surface area contributed by atoms with Crippen molar-refractivity contribution in [2.75, 3.05) is 14.1 Å². The first-order valence-corrected chi connectivity index (χ1v) is 15.1. The van der Waals surface area contributed by atoms with Crippen LogP contribution in [0.3, 0.4) is 0 Å². The van der Waals surface area contributed by atoms with E-state index in [1.807, 2.05) is 42.3 Å². The van der Waals surface area contributed by atoms with Crippen LogP contribution >= 0.6 is 0 Å². The minimum Gasteiger partial charge on any atom is -0.391 e. The molecule has 5 fully saturated rings. The van der Waals surface area contributed by atoms with Crippen LogP contribution in [0.1, 0.15) is 96.3 Å². The number of amides is 1. The molecule has 10 unspecified atom stereocenters. The Morgan fingerprint density at radius 1 is 0.973 bits per heavy atom. The van der Waals surface area contributed by atoms with Gasteiger partial charge in [-0.15, -0.1) is 0 Å². The van der Waals surface area contributed by atoms with Gasteiger partial charge in [0.1, 0.15) is 0 Å². The second-order valence-corrected chi connectivity index (χ2v) is 15.0. The molecule has 5 saturated carbocycles. The Morgan fingerprint density at radius 2 is 1.65 bits per heavy atom. The summed E-state index contributed by atoms with van der Waals surface area (Å²) in [7, 11) is 4.06. The van der Waals surface area contributed by atoms with E-state index in [4.69, 9.17) is 0 Å². The summed E-state index contributed by atoms with van der Waals surface area (Å²) >= 11 is 0. The second-order valence-electron chi connectivity index (χ2n) is 15.0. The summed E-state index contributed by atoms with van der Waals surface area (Å²) in [6, 6.07) is 10.0. The number of hydrogen-bond acceptors (Lipinski definition) is 3. The molecular weight excluding hydrogens is 456 g/mol. The Morgan fingerprint density at radius 3 is 2.32 bits per heavy atom. The number of nitrogens with zero attached hydrogens (tertiary/aromatic N) is 1. The van der Waals surface area contributed by atoms with Crippen molar-refractivity contribution in [1.29, 1.82) is 0 Å². The van der Waals surface area contributed by atoms with E-state index in [0.717, 1.165) is 18.3 Å². The molecule has 2 spiro atoms. The van der Waals surface area contributed by atoms with Gasteiger partial charge in [-0.25, -0.2) is 0 Å². The maximum atomic E-state index is 13.5. The third-order valence-electron chi connectivity index (χ3n) is 13.9. The molecule has 5 aliphatic carbocycles. The van der Waals surface area contributed by atoms with E-state index in [1.54, 1.807) is 0 Å². The van der Waals surface area contributed by atoms with E-state index < -0.39 is 6.10 Å². The molecule has 0 saturated heterocycles. The molecule has 2 N–H and O–H groups in total. The largest absolute Gasteiger partial charge is 0.391 e. The van der Waals surface area contributed by atoms with Gasteiger partial charge >= 0.3 is 0 Å². The number of hydrogen-bond donors (Lipinski definition) is 2. The van der Waals surface area contributed by atoms with Gasteiger partial charge in [-0.05, 0) is 122 Å². The van der Waals surface area contributed by atoms with Gasteiger partial charge in [0.15, 0.2) is 0 Å². The first-order valence-electron chi connectivity index (χ1n) is 15.1. The van der Waals surface area contributed by atoms with E-state index in [9.17, 15) is 9.90 Å². The number of fused-ring (bicyclic) bond motifs is 2. The Labute approximate surface area is 225 Å². The predicted octanol–water partition coefficient (Wildman–Crippen LogP) is 6.15. The van der Waals surface area contributed by atoms with Crippen molar-refractivity contribution < 1.29 is 9.90 Å². The van der Waals surface area contributed by atoms with Gasteiger partial charge in [0, 0.05) is 18.7 Å². The summed E-state index contributed by atoms with van der Waals surface area (Å²) in [5, 5.41) is 15.4. The maximum Gasteiger partial charge on any atom is 0.253 e. The Kier molecular flexibility index (Phi) is 5.64. The Hall–Kier alpha value is -1.39. The van der Waals surface area contributed by atoms with Crippen LogP contribution in [0, 0.1) is 44.8 Å². The first-order chi connectivity index (χ1) is 17.4. The van der Waals surface area contributed by atoms with Gasteiger partial charge in [-0.3, -0.25) is 4.79 Å². The predicted molar refractivity (Wildman–Crippen MR) is 149 cm³/mol. The lowest BCUT2D eigenvalue weighted by Gasteiger charge is -2.64. The molecule has 1 aromatic carbocycles. The summed E-state index contributed by atoms with van der Waals surface area (Å²) in [6.07, 6.45) is 9.64. The molecule has 0 bridgehead atoms. The molecule has 0 radical (unpaired) electrons. The second kappa shape index (κ2) is 8.07. The zero-order valence-electron chi connectivity index (χ0n) is 24.3. The fourth-order valence-corrected chi connectivity index (χ4v) is 12.2. The topological polar surface area (TPSA) is 52.6 Å². The highest BCUT2D eigenvalue weighted by Crippen LogP contribution is 2.89. The monoisotopic (exact) mass is 506 g/mol. The molecule has 0 aliphatic heterocycles. The van der Waals surface area contributed by atoms with Crippen LogP contribution in [-0.4, -0.2) is 48.2 Å². The van der Waals surface area contributed by atoms with Crippen molar-refractivity contribution in [2.45, 2.75) is 104 Å². The lowest BCUT2D eigenvalue weighted by Crippen LogP contribution is -2.64. The van der Waals surface area contributed by atoms with Gasteiger partial charge < -0.3 is 15.3 Å². The van der Waals surface area contributed by atoms with Crippen molar-refractivity contribution in [1.82, 2.24) is 10.2 Å². The summed E-state index contributed by atoms with van der Waals surface area (Å²) in [5.74, 6) is 2.12. The lowest BCUT2D eigenvalue weighted by molar-refractivity contribution is -0.170. The van der Waals surface area contributed by atoms with E-state index in [2.05, 4.69) is 47.0 Å². The SMILES string of the molecule is CNC(C)C1CCC2(C)C3CCC4C(C)(C)C(N(C)C(=O)c5ccccc5)C(O)CC45CC35CCC12C. The van der Waals surface area contributed by atoms with E-state index in [1.165, 1.54) is 44.9 Å². The number of benzene rings is 1. The minimum absolute atomic E-state index is 0.0319. The fourth-order valence-electron chi connectivity index (χ4n) is 12.2. The lowest BCUT2D eigenvalue weighted by atomic mass is 9.41. The number of carbonyl (C=O) groups excluding carboxylic acids is 1. The third kappa shape index (κ3) is 3.06. The highest BCUT2D eigenvalue weighted by molar-refractivity contribution is 5.94. The average molecular weight is 507 g/mol. The van der Waals surface area contributed by atoms with Gasteiger partial charge in [0.05, 0.1) is 12.1 Å². The number of aliphatic hydroxyl groups is 1. The molecule has 4 nitrogen and oxygen atoms in total. The highest BCUT2D eigenvalue weighted by Gasteiger charge is 2.83. The molecule has 10 atom stereocenters. The fraction of sp³-hybridized carbons (Fsp3) is 0.788. The number of rotatable bonds is 4. The van der Waals surface area contributed by atoms with Crippen molar-refractivity contribution >= 4 is 5.91 Å². The van der Waals surface area contributed by atoms with E-state index >= 15 is 0 Å². The third-order valence-corrected chi connectivity index (χ3v) is 13.9. The normalized spacial score (nSPS) is 48.2. The van der Waals surface area contributed by atoms with Gasteiger partial charge in [-0.2, -0.15) is 0 Å². The van der Waals surface area contributed by atoms with Crippen LogP contribution < -0.4 is 5.32 Å². The van der Waals surface area contributed by atoms with Crippen LogP contribution in [0.25, 0.3) is 0 Å². The van der Waals surface area contributed by atoms with Crippen molar-refractivity contribution in [3.8, 4) is 0 Å². The van der Waals surface area contributed by atoms with Gasteiger partial charge in [0.2, 0.25) is 0 Å². The standard InChI is InChI=1S/C33H50N2O2/c1-21(34-6)23-15-16-31(5)26-14-13-25-29(2,3)27(35(7)28(37)22-11-9-8-10-12-22)24(36)19-33(25)20-32(26,33)18-17-30(23,31)4/h8-12,21,23-27,34,36H,13-20H2,1-7H3. The molecule has 0 heterocycles. The highest BCUT2D eigenvalue weighted by atomic mass is 16.3. The summed E-state index contributed by atoms with van der Waals surface area (Å²) in [6.45, 7) is 12.4. The van der Waals surface area contributed by atoms with Crippen molar-refractivity contribution in [3.63, 3.8) is 0 Å². The van der Waals surface area contributed by atoms with Crippen LogP contribution in [0.4, 0.5) is 0 Å². The van der Waals surface area contributed by atoms with Crippen molar-refractivity contribution in [2.24, 2.45) is 44.8 Å². The van der Waals surface area contributed by atoms with Crippen LogP contribution in [0.2, 0.25) is 0 Å². The molecule has 5 aliphatic rings. The van der Waals surface area contributed by atoms with Gasteiger partial charge in [-0.1, -0.05) is 45.9 Å². The molecule has 37 heavy (non-hydrogen) atoms. The molecule has 0 aromatic heterocycles. The molecule has 204 valence electrons. The zero-order chi connectivity index (χ0) is 26.6. The van der Waals surface area contributed by atoms with E-state index in [0.29, 0.717) is 33.8 Å². The van der Waals surface area contributed by atoms with Crippen LogP contribution in [0.5, 0.6) is 0 Å².